The highest BCUT2D eigenvalue weighted by molar-refractivity contribution is 5.67. The second kappa shape index (κ2) is 6.64. The lowest BCUT2D eigenvalue weighted by Gasteiger charge is -2.26. The number of halogens is 3. The standard InChI is InChI=1S/C16H17F3N4O/c1-22-15(23-8-10-24-11-9-23)20-14(21-22)7-4-12-2-5-13(6-3-12)16(17,18)19/h2-7H,8-11H2,1H3. The molecule has 0 spiro atoms. The van der Waals surface area contributed by atoms with Crippen molar-refractivity contribution in [3.63, 3.8) is 0 Å². The van der Waals surface area contributed by atoms with Gasteiger partial charge in [0, 0.05) is 20.1 Å². The van der Waals surface area contributed by atoms with Gasteiger partial charge in [-0.2, -0.15) is 23.3 Å². The number of nitrogens with zero attached hydrogens (tertiary/aromatic N) is 4. The first-order valence-corrected chi connectivity index (χ1v) is 7.52. The van der Waals surface area contributed by atoms with Crippen LogP contribution >= 0.6 is 0 Å². The quantitative estimate of drug-likeness (QED) is 0.863. The average molecular weight is 338 g/mol. The molecule has 3 rings (SSSR count). The van der Waals surface area contributed by atoms with Gasteiger partial charge in [-0.1, -0.05) is 18.2 Å². The van der Waals surface area contributed by atoms with Crippen molar-refractivity contribution in [1.29, 1.82) is 0 Å². The smallest absolute Gasteiger partial charge is 0.378 e. The minimum absolute atomic E-state index is 0.513. The molecule has 0 bridgehead atoms. The summed E-state index contributed by atoms with van der Waals surface area (Å²) >= 11 is 0. The Balaban J connectivity index is 1.72. The maximum absolute atomic E-state index is 12.5. The minimum atomic E-state index is -4.32. The van der Waals surface area contributed by atoms with Crippen LogP contribution in [0.1, 0.15) is 17.0 Å². The summed E-state index contributed by atoms with van der Waals surface area (Å²) in [4.78, 5) is 6.55. The largest absolute Gasteiger partial charge is 0.416 e. The molecule has 1 aromatic carbocycles. The topological polar surface area (TPSA) is 43.2 Å². The van der Waals surface area contributed by atoms with Crippen LogP contribution in [-0.4, -0.2) is 41.1 Å². The monoisotopic (exact) mass is 338 g/mol. The molecule has 1 aliphatic rings. The van der Waals surface area contributed by atoms with Gasteiger partial charge < -0.3 is 9.64 Å². The number of morpholine rings is 1. The Hall–Kier alpha value is -2.35. The summed E-state index contributed by atoms with van der Waals surface area (Å²) in [6.45, 7) is 2.83. The highest BCUT2D eigenvalue weighted by Crippen LogP contribution is 2.29. The summed E-state index contributed by atoms with van der Waals surface area (Å²) in [5.41, 5.74) is -0.00593. The Morgan fingerprint density at radius 3 is 2.38 bits per heavy atom. The lowest BCUT2D eigenvalue weighted by Crippen LogP contribution is -2.37. The number of hydrogen-bond acceptors (Lipinski definition) is 4. The van der Waals surface area contributed by atoms with Gasteiger partial charge in [-0.3, -0.25) is 0 Å². The lowest BCUT2D eigenvalue weighted by atomic mass is 10.1. The van der Waals surface area contributed by atoms with Gasteiger partial charge in [0.05, 0.1) is 18.8 Å². The molecule has 0 atom stereocenters. The van der Waals surface area contributed by atoms with Crippen LogP contribution in [0, 0.1) is 0 Å². The summed E-state index contributed by atoms with van der Waals surface area (Å²) in [5, 5.41) is 4.31. The molecule has 0 aliphatic carbocycles. The Bertz CT molecular complexity index is 716. The Kier molecular flexibility index (Phi) is 4.57. The average Bonchev–Trinajstić information content (AvgIpc) is 2.94. The molecule has 0 unspecified atom stereocenters. The van der Waals surface area contributed by atoms with E-state index in [4.69, 9.17) is 4.74 Å². The molecule has 5 nitrogen and oxygen atoms in total. The van der Waals surface area contributed by atoms with Crippen LogP contribution < -0.4 is 4.90 Å². The van der Waals surface area contributed by atoms with Gasteiger partial charge in [0.25, 0.3) is 0 Å². The highest BCUT2D eigenvalue weighted by atomic mass is 19.4. The molecule has 1 aliphatic heterocycles. The number of benzene rings is 1. The fourth-order valence-corrected chi connectivity index (χ4v) is 2.46. The van der Waals surface area contributed by atoms with E-state index < -0.39 is 11.7 Å². The molecular formula is C16H17F3N4O. The van der Waals surface area contributed by atoms with Crippen molar-refractivity contribution >= 4 is 18.1 Å². The molecule has 24 heavy (non-hydrogen) atoms. The van der Waals surface area contributed by atoms with E-state index in [9.17, 15) is 13.2 Å². The maximum atomic E-state index is 12.5. The van der Waals surface area contributed by atoms with E-state index in [1.165, 1.54) is 12.1 Å². The first kappa shape index (κ1) is 16.5. The van der Waals surface area contributed by atoms with Crippen LogP contribution in [-0.2, 0) is 18.0 Å². The third-order valence-corrected chi connectivity index (χ3v) is 3.71. The van der Waals surface area contributed by atoms with E-state index in [0.29, 0.717) is 24.6 Å². The molecule has 0 radical (unpaired) electrons. The van der Waals surface area contributed by atoms with Gasteiger partial charge in [0.2, 0.25) is 5.95 Å². The molecule has 0 saturated carbocycles. The molecule has 8 heteroatoms. The Morgan fingerprint density at radius 2 is 1.75 bits per heavy atom. The zero-order valence-corrected chi connectivity index (χ0v) is 13.1. The van der Waals surface area contributed by atoms with E-state index in [2.05, 4.69) is 15.0 Å². The van der Waals surface area contributed by atoms with Crippen LogP contribution in [0.5, 0.6) is 0 Å². The van der Waals surface area contributed by atoms with Crippen molar-refractivity contribution in [3.05, 3.63) is 41.2 Å². The van der Waals surface area contributed by atoms with E-state index in [1.54, 1.807) is 16.8 Å². The summed E-state index contributed by atoms with van der Waals surface area (Å²) < 4.78 is 44.6. The second-order valence-corrected chi connectivity index (χ2v) is 5.45. The molecule has 2 heterocycles. The van der Waals surface area contributed by atoms with Crippen LogP contribution in [0.25, 0.3) is 12.2 Å². The molecule has 1 aromatic heterocycles. The number of anilines is 1. The van der Waals surface area contributed by atoms with Crippen LogP contribution in [0.2, 0.25) is 0 Å². The van der Waals surface area contributed by atoms with Crippen LogP contribution in [0.3, 0.4) is 0 Å². The van der Waals surface area contributed by atoms with Crippen LogP contribution in [0.4, 0.5) is 19.1 Å². The third kappa shape index (κ3) is 3.76. The number of alkyl halides is 3. The number of rotatable bonds is 3. The van der Waals surface area contributed by atoms with E-state index in [1.807, 2.05) is 7.05 Å². The SMILES string of the molecule is Cn1nc(C=Cc2ccc(C(F)(F)F)cc2)nc1N1CCOCC1. The predicted molar refractivity (Wildman–Crippen MR) is 84.4 cm³/mol. The normalized spacial score (nSPS) is 16.1. The second-order valence-electron chi connectivity index (χ2n) is 5.45. The number of aromatic nitrogens is 3. The summed E-state index contributed by atoms with van der Waals surface area (Å²) in [7, 11) is 1.81. The highest BCUT2D eigenvalue weighted by Gasteiger charge is 2.29. The summed E-state index contributed by atoms with van der Waals surface area (Å²) in [5.74, 6) is 1.27. The van der Waals surface area contributed by atoms with Crippen molar-refractivity contribution in [1.82, 2.24) is 14.8 Å². The predicted octanol–water partition coefficient (Wildman–Crippen LogP) is 2.84. The fraction of sp³-hybridized carbons (Fsp3) is 0.375. The van der Waals surface area contributed by atoms with Gasteiger partial charge in [0.15, 0.2) is 5.82 Å². The lowest BCUT2D eigenvalue weighted by molar-refractivity contribution is -0.137. The van der Waals surface area contributed by atoms with Crippen molar-refractivity contribution in [2.45, 2.75) is 6.18 Å². The van der Waals surface area contributed by atoms with Gasteiger partial charge >= 0.3 is 6.18 Å². The third-order valence-electron chi connectivity index (χ3n) is 3.71. The van der Waals surface area contributed by atoms with Gasteiger partial charge in [0.1, 0.15) is 0 Å². The molecule has 1 fully saturated rings. The first-order valence-electron chi connectivity index (χ1n) is 7.52. The Labute approximate surface area is 137 Å². The molecular weight excluding hydrogens is 321 g/mol. The van der Waals surface area contributed by atoms with Crippen molar-refractivity contribution in [3.8, 4) is 0 Å². The van der Waals surface area contributed by atoms with Crippen molar-refractivity contribution in [2.24, 2.45) is 7.05 Å². The molecule has 1 saturated heterocycles. The molecule has 2 aromatic rings. The number of hydrogen-bond donors (Lipinski definition) is 0. The van der Waals surface area contributed by atoms with E-state index in [0.717, 1.165) is 31.2 Å². The molecule has 0 N–H and O–H groups in total. The zero-order chi connectivity index (χ0) is 17.2. The Morgan fingerprint density at radius 1 is 1.08 bits per heavy atom. The molecule has 0 amide bonds. The number of aryl methyl sites for hydroxylation is 1. The number of ether oxygens (including phenoxy) is 1. The summed E-state index contributed by atoms with van der Waals surface area (Å²) in [6.07, 6.45) is -0.942. The van der Waals surface area contributed by atoms with Gasteiger partial charge in [-0.25, -0.2) is 4.68 Å². The minimum Gasteiger partial charge on any atom is -0.378 e. The fourth-order valence-electron chi connectivity index (χ4n) is 2.46. The maximum Gasteiger partial charge on any atom is 0.416 e. The van der Waals surface area contributed by atoms with E-state index >= 15 is 0 Å². The van der Waals surface area contributed by atoms with Crippen molar-refractivity contribution < 1.29 is 17.9 Å². The first-order chi connectivity index (χ1) is 11.4. The van der Waals surface area contributed by atoms with Crippen LogP contribution in [0.15, 0.2) is 24.3 Å². The molecule has 128 valence electrons. The van der Waals surface area contributed by atoms with Gasteiger partial charge in [-0.15, -0.1) is 0 Å². The zero-order valence-electron chi connectivity index (χ0n) is 13.1. The van der Waals surface area contributed by atoms with Crippen molar-refractivity contribution in [2.75, 3.05) is 31.2 Å². The summed E-state index contributed by atoms with van der Waals surface area (Å²) in [6, 6.07) is 4.96. The van der Waals surface area contributed by atoms with E-state index in [-0.39, 0.29) is 0 Å². The van der Waals surface area contributed by atoms with Gasteiger partial charge in [-0.05, 0) is 23.8 Å².